The van der Waals surface area contributed by atoms with Crippen LogP contribution in [0.4, 0.5) is 5.82 Å². The molecule has 0 aliphatic heterocycles. The van der Waals surface area contributed by atoms with Crippen molar-refractivity contribution in [2.75, 3.05) is 11.9 Å². The second-order valence-corrected chi connectivity index (χ2v) is 5.23. The summed E-state index contributed by atoms with van der Waals surface area (Å²) >= 11 is 5.95. The first-order valence-corrected chi connectivity index (χ1v) is 7.42. The number of hydrogen-bond donors (Lipinski definition) is 1. The fourth-order valence-corrected chi connectivity index (χ4v) is 2.13. The van der Waals surface area contributed by atoms with Gasteiger partial charge in [-0.2, -0.15) is 9.97 Å². The molecule has 1 N–H and O–H groups in total. The summed E-state index contributed by atoms with van der Waals surface area (Å²) in [6.45, 7) is 6.90. The molecule has 108 valence electrons. The molecule has 2 rings (SSSR count). The zero-order valence-electron chi connectivity index (χ0n) is 12.2. The molecule has 2 aromatic rings. The number of anilines is 1. The van der Waals surface area contributed by atoms with Gasteiger partial charge >= 0.3 is 0 Å². The summed E-state index contributed by atoms with van der Waals surface area (Å²) in [5.74, 6) is 0.673. The summed E-state index contributed by atoms with van der Waals surface area (Å²) in [6, 6.07) is 0. The number of aryl methyl sites for hydroxylation is 2. The maximum atomic E-state index is 5.95. The molecule has 0 unspecified atom stereocenters. The highest BCUT2D eigenvalue weighted by Gasteiger charge is 2.10. The highest BCUT2D eigenvalue weighted by molar-refractivity contribution is 6.28. The summed E-state index contributed by atoms with van der Waals surface area (Å²) in [6.07, 6.45) is 4.80. The van der Waals surface area contributed by atoms with Gasteiger partial charge in [-0.25, -0.2) is 9.97 Å². The molecule has 0 atom stereocenters. The Bertz CT molecular complexity index is 600. The number of halogens is 1. The van der Waals surface area contributed by atoms with Crippen LogP contribution in [0.1, 0.15) is 44.0 Å². The Balaban J connectivity index is 2.21. The molecular weight excluding hydrogens is 274 g/mol. The number of rotatable bonds is 6. The second kappa shape index (κ2) is 6.79. The highest BCUT2D eigenvalue weighted by Crippen LogP contribution is 2.20. The maximum Gasteiger partial charge on any atom is 0.226 e. The van der Waals surface area contributed by atoms with E-state index in [1.807, 2.05) is 13.8 Å². The maximum absolute atomic E-state index is 5.95. The van der Waals surface area contributed by atoms with Crippen molar-refractivity contribution in [3.05, 3.63) is 16.7 Å². The predicted molar refractivity (Wildman–Crippen MR) is 82.2 cm³/mol. The Labute approximate surface area is 124 Å². The molecule has 0 saturated heterocycles. The van der Waals surface area contributed by atoms with E-state index >= 15 is 0 Å². The van der Waals surface area contributed by atoms with Gasteiger partial charge in [0.1, 0.15) is 0 Å². The van der Waals surface area contributed by atoms with Crippen LogP contribution in [0, 0.1) is 13.8 Å². The van der Waals surface area contributed by atoms with Gasteiger partial charge in [0.05, 0.1) is 11.4 Å². The zero-order chi connectivity index (χ0) is 14.5. The van der Waals surface area contributed by atoms with Crippen molar-refractivity contribution in [2.24, 2.45) is 0 Å². The Hall–Kier alpha value is -1.49. The molecule has 0 aliphatic rings. The van der Waals surface area contributed by atoms with E-state index in [4.69, 9.17) is 11.6 Å². The number of hydrogen-bond acceptors (Lipinski definition) is 5. The number of fused-ring (bicyclic) bond motifs is 1. The largest absolute Gasteiger partial charge is 0.368 e. The molecule has 2 heterocycles. The van der Waals surface area contributed by atoms with Crippen molar-refractivity contribution in [3.8, 4) is 0 Å². The number of nitrogens with zero attached hydrogens (tertiary/aromatic N) is 4. The van der Waals surface area contributed by atoms with Crippen molar-refractivity contribution in [1.82, 2.24) is 19.9 Å². The van der Waals surface area contributed by atoms with Crippen LogP contribution in [-0.4, -0.2) is 26.5 Å². The molecule has 0 amide bonds. The van der Waals surface area contributed by atoms with Gasteiger partial charge in [-0.05, 0) is 31.9 Å². The smallest absolute Gasteiger partial charge is 0.226 e. The van der Waals surface area contributed by atoms with Crippen LogP contribution in [-0.2, 0) is 0 Å². The summed E-state index contributed by atoms with van der Waals surface area (Å²) in [5, 5.41) is 3.50. The average Bonchev–Trinajstić information content (AvgIpc) is 2.40. The normalized spacial score (nSPS) is 11.0. The van der Waals surface area contributed by atoms with Crippen LogP contribution in [0.3, 0.4) is 0 Å². The molecule has 0 fully saturated rings. The van der Waals surface area contributed by atoms with E-state index < -0.39 is 0 Å². The molecule has 0 radical (unpaired) electrons. The van der Waals surface area contributed by atoms with E-state index in [0.717, 1.165) is 24.4 Å². The lowest BCUT2D eigenvalue weighted by molar-refractivity contribution is 0.684. The Morgan fingerprint density at radius 2 is 1.70 bits per heavy atom. The molecule has 2 aromatic heterocycles. The Morgan fingerprint density at radius 1 is 0.950 bits per heavy atom. The van der Waals surface area contributed by atoms with E-state index in [9.17, 15) is 0 Å². The fraction of sp³-hybridized carbons (Fsp3) is 0.571. The minimum absolute atomic E-state index is 0.200. The minimum atomic E-state index is 0.200. The summed E-state index contributed by atoms with van der Waals surface area (Å²) in [7, 11) is 0. The topological polar surface area (TPSA) is 63.6 Å². The first-order chi connectivity index (χ1) is 9.61. The van der Waals surface area contributed by atoms with Crippen molar-refractivity contribution in [1.29, 1.82) is 0 Å². The Morgan fingerprint density at radius 3 is 2.45 bits per heavy atom. The van der Waals surface area contributed by atoms with Crippen molar-refractivity contribution in [2.45, 2.75) is 46.5 Å². The molecule has 0 aliphatic carbocycles. The lowest BCUT2D eigenvalue weighted by atomic mass is 10.2. The molecule has 0 saturated carbocycles. The van der Waals surface area contributed by atoms with Crippen LogP contribution in [0.15, 0.2) is 0 Å². The van der Waals surface area contributed by atoms with Gasteiger partial charge in [0.15, 0.2) is 17.0 Å². The standard InChI is InChI=1S/C14H20ClN5/c1-4-5-6-7-8-16-12-11-13(20-14(15)19-12)18-10(3)9(2)17-11/h4-8H2,1-3H3,(H,16,18,19,20). The predicted octanol–water partition coefficient (Wildman–Crippen LogP) is 3.68. The zero-order valence-corrected chi connectivity index (χ0v) is 13.0. The monoisotopic (exact) mass is 293 g/mol. The molecule has 0 spiro atoms. The van der Waals surface area contributed by atoms with Crippen LogP contribution in [0.5, 0.6) is 0 Å². The van der Waals surface area contributed by atoms with Gasteiger partial charge < -0.3 is 5.32 Å². The van der Waals surface area contributed by atoms with Gasteiger partial charge in [-0.15, -0.1) is 0 Å². The van der Waals surface area contributed by atoms with Gasteiger partial charge in [0.2, 0.25) is 5.28 Å². The summed E-state index contributed by atoms with van der Waals surface area (Å²) in [5.41, 5.74) is 2.98. The van der Waals surface area contributed by atoms with E-state index in [2.05, 4.69) is 32.2 Å². The molecule has 0 bridgehead atoms. The van der Waals surface area contributed by atoms with Crippen LogP contribution in [0.25, 0.3) is 11.2 Å². The van der Waals surface area contributed by atoms with Crippen molar-refractivity contribution < 1.29 is 0 Å². The number of aromatic nitrogens is 4. The van der Waals surface area contributed by atoms with E-state index in [1.54, 1.807) is 0 Å². The lowest BCUT2D eigenvalue weighted by Crippen LogP contribution is -2.07. The minimum Gasteiger partial charge on any atom is -0.368 e. The second-order valence-electron chi connectivity index (χ2n) is 4.90. The molecule has 5 nitrogen and oxygen atoms in total. The molecule has 0 aromatic carbocycles. The molecular formula is C14H20ClN5. The van der Waals surface area contributed by atoms with Gasteiger partial charge in [-0.1, -0.05) is 26.2 Å². The summed E-state index contributed by atoms with van der Waals surface area (Å²) < 4.78 is 0. The van der Waals surface area contributed by atoms with Crippen LogP contribution >= 0.6 is 11.6 Å². The van der Waals surface area contributed by atoms with Crippen molar-refractivity contribution in [3.63, 3.8) is 0 Å². The third-order valence-corrected chi connectivity index (χ3v) is 3.41. The molecule has 20 heavy (non-hydrogen) atoms. The molecule has 6 heteroatoms. The van der Waals surface area contributed by atoms with Gasteiger partial charge in [0, 0.05) is 6.54 Å². The summed E-state index contributed by atoms with van der Waals surface area (Å²) in [4.78, 5) is 17.3. The quantitative estimate of drug-likeness (QED) is 0.650. The van der Waals surface area contributed by atoms with Crippen LogP contribution < -0.4 is 5.32 Å². The van der Waals surface area contributed by atoms with Gasteiger partial charge in [-0.3, -0.25) is 0 Å². The SMILES string of the molecule is CCCCCCNc1nc(Cl)nc2nc(C)c(C)nc12. The van der Waals surface area contributed by atoms with Crippen molar-refractivity contribution >= 4 is 28.6 Å². The number of unbranched alkanes of at least 4 members (excludes halogenated alkanes) is 3. The fourth-order valence-electron chi connectivity index (χ4n) is 1.97. The third-order valence-electron chi connectivity index (χ3n) is 3.24. The van der Waals surface area contributed by atoms with E-state index in [-0.39, 0.29) is 5.28 Å². The Kier molecular flexibility index (Phi) is 5.06. The third kappa shape index (κ3) is 3.54. The lowest BCUT2D eigenvalue weighted by Gasteiger charge is -2.09. The highest BCUT2D eigenvalue weighted by atomic mass is 35.5. The average molecular weight is 294 g/mol. The van der Waals surface area contributed by atoms with Crippen LogP contribution in [0.2, 0.25) is 5.28 Å². The van der Waals surface area contributed by atoms with E-state index in [0.29, 0.717) is 17.0 Å². The van der Waals surface area contributed by atoms with E-state index in [1.165, 1.54) is 19.3 Å². The van der Waals surface area contributed by atoms with Gasteiger partial charge in [0.25, 0.3) is 0 Å². The first kappa shape index (κ1) is 14.9. The number of nitrogens with one attached hydrogen (secondary N) is 1. The first-order valence-electron chi connectivity index (χ1n) is 7.04.